The number of carbonyl (C=O) groups excluding carboxylic acids is 1. The number of hydrogen-bond acceptors (Lipinski definition) is 4. The van der Waals surface area contributed by atoms with Crippen molar-refractivity contribution in [1.82, 2.24) is 14.8 Å². The topological polar surface area (TPSA) is 63.5 Å². The van der Waals surface area contributed by atoms with Crippen LogP contribution in [0.2, 0.25) is 0 Å². The van der Waals surface area contributed by atoms with E-state index in [1.54, 1.807) is 31.3 Å². The van der Waals surface area contributed by atoms with Crippen LogP contribution in [0.4, 0.5) is 10.5 Å². The van der Waals surface area contributed by atoms with Crippen LogP contribution in [0.1, 0.15) is 18.5 Å². The summed E-state index contributed by atoms with van der Waals surface area (Å²) in [6.07, 6.45) is 3.78. The fourth-order valence-electron chi connectivity index (χ4n) is 2.62. The number of amides is 2. The molecule has 21 heavy (non-hydrogen) atoms. The fourth-order valence-corrected chi connectivity index (χ4v) is 2.62. The van der Waals surface area contributed by atoms with Gasteiger partial charge < -0.3 is 14.7 Å². The normalized spacial score (nSPS) is 18.0. The molecule has 1 fully saturated rings. The van der Waals surface area contributed by atoms with Crippen LogP contribution in [0, 0.1) is 11.3 Å². The number of likely N-dealkylation sites (N-methyl/N-ethyl adjacent to an activating group) is 1. The highest BCUT2D eigenvalue weighted by atomic mass is 16.2. The molecule has 1 saturated heterocycles. The molecule has 0 bridgehead atoms. The van der Waals surface area contributed by atoms with Crippen LogP contribution >= 0.6 is 0 Å². The van der Waals surface area contributed by atoms with E-state index in [1.807, 2.05) is 24.1 Å². The molecule has 0 radical (unpaired) electrons. The van der Waals surface area contributed by atoms with Crippen LogP contribution in [0.3, 0.4) is 0 Å². The van der Waals surface area contributed by atoms with Gasteiger partial charge in [-0.25, -0.2) is 9.78 Å². The van der Waals surface area contributed by atoms with E-state index < -0.39 is 0 Å². The van der Waals surface area contributed by atoms with Crippen molar-refractivity contribution >= 4 is 11.7 Å². The van der Waals surface area contributed by atoms with Crippen molar-refractivity contribution in [1.29, 1.82) is 5.26 Å². The van der Waals surface area contributed by atoms with E-state index in [0.717, 1.165) is 31.6 Å². The molecule has 1 aromatic heterocycles. The van der Waals surface area contributed by atoms with Crippen molar-refractivity contribution in [3.05, 3.63) is 24.0 Å². The lowest BCUT2D eigenvalue weighted by atomic mass is 10.0. The van der Waals surface area contributed by atoms with Gasteiger partial charge in [0.15, 0.2) is 0 Å². The molecule has 1 unspecified atom stereocenters. The number of urea groups is 1. The summed E-state index contributed by atoms with van der Waals surface area (Å²) in [5.41, 5.74) is 1.43. The van der Waals surface area contributed by atoms with Crippen LogP contribution in [-0.2, 0) is 0 Å². The second kappa shape index (κ2) is 6.44. The second-order valence-electron chi connectivity index (χ2n) is 5.54. The molecule has 1 aliphatic rings. The van der Waals surface area contributed by atoms with Gasteiger partial charge in [0.2, 0.25) is 0 Å². The minimum absolute atomic E-state index is 0.0276. The number of nitrogens with zero attached hydrogens (tertiary/aromatic N) is 5. The zero-order valence-corrected chi connectivity index (χ0v) is 12.8. The lowest BCUT2D eigenvalue weighted by Gasteiger charge is -2.39. The third kappa shape index (κ3) is 3.43. The molecular weight excluding hydrogens is 266 g/mol. The minimum Gasteiger partial charge on any atom is -0.368 e. The Bertz CT molecular complexity index is 534. The molecule has 0 spiro atoms. The number of hydrogen-bond donors (Lipinski definition) is 0. The lowest BCUT2D eigenvalue weighted by Crippen LogP contribution is -2.51. The van der Waals surface area contributed by atoms with Crippen molar-refractivity contribution in [2.45, 2.75) is 18.9 Å². The van der Waals surface area contributed by atoms with E-state index in [2.05, 4.69) is 9.88 Å². The van der Waals surface area contributed by atoms with Gasteiger partial charge in [0.1, 0.15) is 11.8 Å². The molecule has 1 aliphatic heterocycles. The van der Waals surface area contributed by atoms with Gasteiger partial charge >= 0.3 is 6.03 Å². The van der Waals surface area contributed by atoms with Crippen LogP contribution in [-0.4, -0.2) is 61.1 Å². The molecule has 2 amide bonds. The quantitative estimate of drug-likeness (QED) is 0.827. The maximum atomic E-state index is 12.1. The Hall–Kier alpha value is -2.29. The van der Waals surface area contributed by atoms with Gasteiger partial charge in [0.05, 0.1) is 17.9 Å². The van der Waals surface area contributed by atoms with Crippen LogP contribution in [0.25, 0.3) is 0 Å². The van der Waals surface area contributed by atoms with Gasteiger partial charge in [-0.1, -0.05) is 0 Å². The molecule has 1 aromatic rings. The first-order valence-corrected chi connectivity index (χ1v) is 7.08. The molecule has 2 rings (SSSR count). The van der Waals surface area contributed by atoms with Crippen LogP contribution in [0.15, 0.2) is 18.3 Å². The van der Waals surface area contributed by atoms with Gasteiger partial charge in [0.25, 0.3) is 0 Å². The maximum Gasteiger partial charge on any atom is 0.319 e. The molecule has 6 nitrogen and oxygen atoms in total. The highest BCUT2D eigenvalue weighted by molar-refractivity contribution is 5.74. The number of carbonyl (C=O) groups is 1. The largest absolute Gasteiger partial charge is 0.368 e. The molecule has 0 saturated carbocycles. The first-order valence-electron chi connectivity index (χ1n) is 7.08. The molecule has 6 heteroatoms. The maximum absolute atomic E-state index is 12.1. The molecule has 0 aromatic carbocycles. The zero-order chi connectivity index (χ0) is 15.4. The number of aromatic nitrogens is 1. The first-order chi connectivity index (χ1) is 10.0. The van der Waals surface area contributed by atoms with E-state index >= 15 is 0 Å². The number of rotatable bonds is 2. The van der Waals surface area contributed by atoms with Crippen LogP contribution < -0.4 is 4.90 Å². The smallest absolute Gasteiger partial charge is 0.319 e. The van der Waals surface area contributed by atoms with Crippen LogP contribution in [0.5, 0.6) is 0 Å². The Labute approximate surface area is 125 Å². The summed E-state index contributed by atoms with van der Waals surface area (Å²) in [6.45, 7) is 1.75. The third-order valence-corrected chi connectivity index (χ3v) is 3.86. The zero-order valence-electron chi connectivity index (χ0n) is 12.8. The average Bonchev–Trinajstić information content (AvgIpc) is 2.53. The van der Waals surface area contributed by atoms with Gasteiger partial charge in [-0.3, -0.25) is 0 Å². The lowest BCUT2D eigenvalue weighted by molar-refractivity contribution is 0.157. The SMILES string of the molecule is CN(C)C(=O)N(C)C1CCCN(c2ccc(C#N)nc2)C1. The average molecular weight is 287 g/mol. The van der Waals surface area contributed by atoms with E-state index in [-0.39, 0.29) is 12.1 Å². The van der Waals surface area contributed by atoms with Crippen molar-refractivity contribution in [2.75, 3.05) is 39.1 Å². The van der Waals surface area contributed by atoms with Gasteiger partial charge in [-0.15, -0.1) is 0 Å². The first kappa shape index (κ1) is 15.1. The summed E-state index contributed by atoms with van der Waals surface area (Å²) < 4.78 is 0. The van der Waals surface area contributed by atoms with Gasteiger partial charge in [-0.2, -0.15) is 5.26 Å². The molecule has 1 atom stereocenters. The highest BCUT2D eigenvalue weighted by Crippen LogP contribution is 2.22. The van der Waals surface area contributed by atoms with E-state index in [0.29, 0.717) is 5.69 Å². The number of nitriles is 1. The summed E-state index contributed by atoms with van der Waals surface area (Å²) >= 11 is 0. The molecular formula is C15H21N5O. The predicted molar refractivity (Wildman–Crippen MR) is 81.0 cm³/mol. The van der Waals surface area contributed by atoms with E-state index in [9.17, 15) is 4.79 Å². The molecule has 112 valence electrons. The van der Waals surface area contributed by atoms with Crippen molar-refractivity contribution in [2.24, 2.45) is 0 Å². The molecule has 0 N–H and O–H groups in total. The summed E-state index contributed by atoms with van der Waals surface area (Å²) in [4.78, 5) is 21.8. The predicted octanol–water partition coefficient (Wildman–Crippen LogP) is 1.54. The standard InChI is InChI=1S/C15H21N5O/c1-18(2)15(21)19(3)14-5-4-8-20(11-14)13-7-6-12(9-16)17-10-13/h6-7,10,14H,4-5,8,11H2,1-3H3. The number of piperidine rings is 1. The van der Waals surface area contributed by atoms with Gasteiger partial charge in [0, 0.05) is 34.2 Å². The van der Waals surface area contributed by atoms with E-state index in [1.165, 1.54) is 0 Å². The van der Waals surface area contributed by atoms with Crippen molar-refractivity contribution in [3.63, 3.8) is 0 Å². The van der Waals surface area contributed by atoms with E-state index in [4.69, 9.17) is 5.26 Å². The fraction of sp³-hybridized carbons (Fsp3) is 0.533. The Morgan fingerprint density at radius 3 is 2.76 bits per heavy atom. The van der Waals surface area contributed by atoms with Gasteiger partial charge in [-0.05, 0) is 25.0 Å². The Morgan fingerprint density at radius 1 is 1.43 bits per heavy atom. The third-order valence-electron chi connectivity index (χ3n) is 3.86. The number of pyridine rings is 1. The Kier molecular flexibility index (Phi) is 4.63. The summed E-state index contributed by atoms with van der Waals surface area (Å²) in [6, 6.07) is 5.90. The van der Waals surface area contributed by atoms with Crippen molar-refractivity contribution in [3.8, 4) is 6.07 Å². The summed E-state index contributed by atoms with van der Waals surface area (Å²) in [5.74, 6) is 0. The molecule has 2 heterocycles. The Balaban J connectivity index is 2.06. The monoisotopic (exact) mass is 287 g/mol. The second-order valence-corrected chi connectivity index (χ2v) is 5.54. The summed E-state index contributed by atoms with van der Waals surface area (Å²) in [5, 5.41) is 8.79. The highest BCUT2D eigenvalue weighted by Gasteiger charge is 2.27. The number of anilines is 1. The minimum atomic E-state index is 0.0276. The summed E-state index contributed by atoms with van der Waals surface area (Å²) in [7, 11) is 5.39. The van der Waals surface area contributed by atoms with Crippen molar-refractivity contribution < 1.29 is 4.79 Å². The molecule has 0 aliphatic carbocycles. The Morgan fingerprint density at radius 2 is 2.19 bits per heavy atom.